The maximum Gasteiger partial charge on any atom is 0.120 e. The summed E-state index contributed by atoms with van der Waals surface area (Å²) in [7, 11) is 0. The average molecular weight is 419 g/mol. The van der Waals surface area contributed by atoms with E-state index in [9.17, 15) is 0 Å². The number of halogens is 3. The Labute approximate surface area is 141 Å². The van der Waals surface area contributed by atoms with Gasteiger partial charge in [0.1, 0.15) is 5.75 Å². The molecule has 0 fully saturated rings. The van der Waals surface area contributed by atoms with E-state index in [4.69, 9.17) is 16.3 Å². The van der Waals surface area contributed by atoms with Crippen LogP contribution in [0.15, 0.2) is 53.0 Å². The summed E-state index contributed by atoms with van der Waals surface area (Å²) < 4.78 is 6.82. The van der Waals surface area contributed by atoms with Crippen LogP contribution in [0.2, 0.25) is 5.02 Å². The molecular formula is C16H15Br2ClO. The summed E-state index contributed by atoms with van der Waals surface area (Å²) in [6.45, 7) is 0.690. The van der Waals surface area contributed by atoms with Crippen molar-refractivity contribution in [3.8, 4) is 5.75 Å². The van der Waals surface area contributed by atoms with E-state index in [0.29, 0.717) is 12.5 Å². The van der Waals surface area contributed by atoms with Crippen LogP contribution in [-0.4, -0.2) is 11.9 Å². The van der Waals surface area contributed by atoms with Crippen LogP contribution in [0.1, 0.15) is 17.9 Å². The molecule has 0 N–H and O–H groups in total. The van der Waals surface area contributed by atoms with Gasteiger partial charge in [-0.3, -0.25) is 0 Å². The molecule has 2 aromatic rings. The topological polar surface area (TPSA) is 9.23 Å². The molecule has 0 saturated heterocycles. The van der Waals surface area contributed by atoms with Gasteiger partial charge in [-0.25, -0.2) is 0 Å². The van der Waals surface area contributed by atoms with Crippen LogP contribution in [0.25, 0.3) is 0 Å². The second kappa shape index (κ2) is 8.06. The maximum absolute atomic E-state index is 5.92. The average Bonchev–Trinajstić information content (AvgIpc) is 2.45. The summed E-state index contributed by atoms with van der Waals surface area (Å²) >= 11 is 12.9. The van der Waals surface area contributed by atoms with Gasteiger partial charge in [-0.2, -0.15) is 0 Å². The molecule has 0 bridgehead atoms. The molecule has 0 heterocycles. The lowest BCUT2D eigenvalue weighted by atomic mass is 9.98. The van der Waals surface area contributed by atoms with Crippen molar-refractivity contribution in [2.75, 3.05) is 11.9 Å². The molecule has 1 atom stereocenters. The van der Waals surface area contributed by atoms with Crippen LogP contribution >= 0.6 is 43.5 Å². The minimum atomic E-state index is 0.430. The third-order valence-corrected chi connectivity index (χ3v) is 4.59. The third-order valence-electron chi connectivity index (χ3n) is 3.06. The second-order valence-electron chi connectivity index (χ2n) is 4.50. The van der Waals surface area contributed by atoms with Crippen LogP contribution in [-0.2, 0) is 0 Å². The highest BCUT2D eigenvalue weighted by molar-refractivity contribution is 9.10. The molecule has 1 unspecified atom stereocenters. The van der Waals surface area contributed by atoms with Gasteiger partial charge in [0.25, 0.3) is 0 Å². The largest absolute Gasteiger partial charge is 0.494 e. The number of ether oxygens (including phenoxy) is 1. The van der Waals surface area contributed by atoms with Gasteiger partial charge in [0, 0.05) is 14.8 Å². The van der Waals surface area contributed by atoms with Gasteiger partial charge in [-0.15, -0.1) is 0 Å². The van der Waals surface area contributed by atoms with E-state index in [2.05, 4.69) is 44.0 Å². The molecule has 0 aliphatic heterocycles. The predicted octanol–water partition coefficient (Wildman–Crippen LogP) is 6.05. The van der Waals surface area contributed by atoms with Gasteiger partial charge in [0.2, 0.25) is 0 Å². The smallest absolute Gasteiger partial charge is 0.120 e. The van der Waals surface area contributed by atoms with Gasteiger partial charge in [-0.05, 0) is 48.2 Å². The quantitative estimate of drug-likeness (QED) is 0.519. The molecule has 0 spiro atoms. The summed E-state index contributed by atoms with van der Waals surface area (Å²) in [5.74, 6) is 1.32. The lowest BCUT2D eigenvalue weighted by Crippen LogP contribution is -2.07. The Morgan fingerprint density at radius 3 is 2.50 bits per heavy atom. The molecule has 0 aromatic heterocycles. The second-order valence-corrected chi connectivity index (χ2v) is 6.50. The number of benzene rings is 2. The van der Waals surface area contributed by atoms with Crippen LogP contribution in [0.3, 0.4) is 0 Å². The first-order chi connectivity index (χ1) is 9.69. The molecule has 2 aromatic carbocycles. The van der Waals surface area contributed by atoms with Crippen molar-refractivity contribution >= 4 is 43.5 Å². The van der Waals surface area contributed by atoms with Crippen molar-refractivity contribution in [2.24, 2.45) is 0 Å². The molecule has 0 aliphatic rings. The van der Waals surface area contributed by atoms with Gasteiger partial charge in [-0.1, -0.05) is 61.7 Å². The molecular weight excluding hydrogens is 403 g/mol. The van der Waals surface area contributed by atoms with Crippen molar-refractivity contribution in [1.29, 1.82) is 0 Å². The molecule has 0 amide bonds. The van der Waals surface area contributed by atoms with Crippen molar-refractivity contribution in [1.82, 2.24) is 0 Å². The van der Waals surface area contributed by atoms with Crippen LogP contribution in [0.4, 0.5) is 0 Å². The molecule has 1 nitrogen and oxygen atoms in total. The molecule has 0 radical (unpaired) electrons. The summed E-state index contributed by atoms with van der Waals surface area (Å²) in [5.41, 5.74) is 1.28. The fraction of sp³-hybridized carbons (Fsp3) is 0.250. The van der Waals surface area contributed by atoms with Crippen molar-refractivity contribution in [2.45, 2.75) is 12.3 Å². The molecule has 0 saturated carbocycles. The Morgan fingerprint density at radius 1 is 1.10 bits per heavy atom. The monoisotopic (exact) mass is 416 g/mol. The Bertz CT molecular complexity index is 542. The minimum absolute atomic E-state index is 0.430. The first kappa shape index (κ1) is 15.9. The summed E-state index contributed by atoms with van der Waals surface area (Å²) in [4.78, 5) is 0. The maximum atomic E-state index is 5.92. The fourth-order valence-electron chi connectivity index (χ4n) is 1.94. The first-order valence-corrected chi connectivity index (χ1v) is 8.68. The lowest BCUT2D eigenvalue weighted by molar-refractivity contribution is 0.301. The van der Waals surface area contributed by atoms with E-state index in [1.165, 1.54) is 5.56 Å². The highest BCUT2D eigenvalue weighted by Gasteiger charge is 2.10. The fourth-order valence-corrected chi connectivity index (χ4v) is 3.15. The lowest BCUT2D eigenvalue weighted by Gasteiger charge is -2.15. The number of rotatable bonds is 6. The van der Waals surface area contributed by atoms with E-state index in [1.807, 2.05) is 36.4 Å². The third kappa shape index (κ3) is 4.80. The number of hydrogen-bond acceptors (Lipinski definition) is 1. The number of alkyl halides is 1. The number of hydrogen-bond donors (Lipinski definition) is 0. The van der Waals surface area contributed by atoms with Gasteiger partial charge in [0.15, 0.2) is 0 Å². The van der Waals surface area contributed by atoms with Crippen LogP contribution < -0.4 is 4.74 Å². The van der Waals surface area contributed by atoms with E-state index < -0.39 is 0 Å². The van der Waals surface area contributed by atoms with Gasteiger partial charge < -0.3 is 4.74 Å². The Morgan fingerprint density at radius 2 is 1.85 bits per heavy atom. The summed E-state index contributed by atoms with van der Waals surface area (Å²) in [6, 6.07) is 15.9. The summed E-state index contributed by atoms with van der Waals surface area (Å²) in [5, 5.41) is 1.68. The first-order valence-electron chi connectivity index (χ1n) is 6.39. The molecule has 106 valence electrons. The highest BCUT2D eigenvalue weighted by Crippen LogP contribution is 2.24. The van der Waals surface area contributed by atoms with Gasteiger partial charge in [0.05, 0.1) is 6.61 Å². The highest BCUT2D eigenvalue weighted by atomic mass is 79.9. The zero-order chi connectivity index (χ0) is 14.4. The molecule has 20 heavy (non-hydrogen) atoms. The summed E-state index contributed by atoms with van der Waals surface area (Å²) in [6.07, 6.45) is 0.958. The normalized spacial score (nSPS) is 12.2. The van der Waals surface area contributed by atoms with E-state index in [1.54, 1.807) is 0 Å². The predicted molar refractivity (Wildman–Crippen MR) is 92.2 cm³/mol. The Balaban J connectivity index is 1.89. The van der Waals surface area contributed by atoms with E-state index >= 15 is 0 Å². The standard InChI is InChI=1S/C16H15Br2ClO/c17-11-13(12-4-6-15(19)7-5-12)8-9-20-16-3-1-2-14(18)10-16/h1-7,10,13H,8-9,11H2. The van der Waals surface area contributed by atoms with E-state index in [0.717, 1.165) is 27.0 Å². The van der Waals surface area contributed by atoms with Crippen molar-refractivity contribution in [3.05, 3.63) is 63.6 Å². The minimum Gasteiger partial charge on any atom is -0.494 e. The van der Waals surface area contributed by atoms with Crippen molar-refractivity contribution in [3.63, 3.8) is 0 Å². The van der Waals surface area contributed by atoms with Crippen molar-refractivity contribution < 1.29 is 4.74 Å². The Kier molecular flexibility index (Phi) is 6.40. The Hall–Kier alpha value is -0.510. The molecule has 4 heteroatoms. The molecule has 0 aliphatic carbocycles. The zero-order valence-corrected chi connectivity index (χ0v) is 14.8. The van der Waals surface area contributed by atoms with Crippen LogP contribution in [0, 0.1) is 0 Å². The van der Waals surface area contributed by atoms with Gasteiger partial charge >= 0.3 is 0 Å². The van der Waals surface area contributed by atoms with Crippen LogP contribution in [0.5, 0.6) is 5.75 Å². The van der Waals surface area contributed by atoms with E-state index in [-0.39, 0.29) is 0 Å². The molecule has 2 rings (SSSR count). The zero-order valence-electron chi connectivity index (χ0n) is 10.9. The SMILES string of the molecule is Clc1ccc(C(CBr)CCOc2cccc(Br)c2)cc1.